The molecule has 1 N–H and O–H groups in total. The second-order valence-electron chi connectivity index (χ2n) is 4.39. The lowest BCUT2D eigenvalue weighted by Gasteiger charge is -2.06. The van der Waals surface area contributed by atoms with Crippen molar-refractivity contribution in [1.29, 1.82) is 0 Å². The van der Waals surface area contributed by atoms with Gasteiger partial charge in [-0.25, -0.2) is 0 Å². The van der Waals surface area contributed by atoms with E-state index in [1.54, 1.807) is 11.3 Å². The van der Waals surface area contributed by atoms with Gasteiger partial charge in [-0.15, -0.1) is 11.3 Å². The zero-order valence-electron chi connectivity index (χ0n) is 10.6. The minimum Gasteiger partial charge on any atom is -0.380 e. The highest BCUT2D eigenvalue weighted by molar-refractivity contribution is 7.10. The van der Waals surface area contributed by atoms with Crippen LogP contribution in [0.3, 0.4) is 0 Å². The molecule has 2 rings (SSSR count). The third kappa shape index (κ3) is 4.04. The van der Waals surface area contributed by atoms with Crippen molar-refractivity contribution in [2.45, 2.75) is 32.7 Å². The fourth-order valence-corrected chi connectivity index (χ4v) is 2.82. The number of halogens is 1. The molecule has 1 nitrogen and oxygen atoms in total. The molecule has 3 heteroatoms. The second-order valence-corrected chi connectivity index (χ2v) is 5.82. The Morgan fingerprint density at radius 3 is 2.61 bits per heavy atom. The molecular weight excluding hydrogens is 262 g/mol. The molecular formula is C15H18ClNS. The topological polar surface area (TPSA) is 12.0 Å². The van der Waals surface area contributed by atoms with E-state index in [0.717, 1.165) is 11.6 Å². The van der Waals surface area contributed by atoms with Gasteiger partial charge in [0, 0.05) is 22.5 Å². The van der Waals surface area contributed by atoms with E-state index in [1.165, 1.54) is 35.4 Å². The summed E-state index contributed by atoms with van der Waals surface area (Å²) < 4.78 is 0. The zero-order valence-corrected chi connectivity index (χ0v) is 12.2. The highest BCUT2D eigenvalue weighted by Crippen LogP contribution is 2.20. The van der Waals surface area contributed by atoms with Crippen LogP contribution in [0.4, 0.5) is 5.69 Å². The minimum atomic E-state index is 0.826. The van der Waals surface area contributed by atoms with E-state index >= 15 is 0 Å². The summed E-state index contributed by atoms with van der Waals surface area (Å²) in [5.41, 5.74) is 2.58. The highest BCUT2D eigenvalue weighted by Gasteiger charge is 1.98. The van der Waals surface area contributed by atoms with E-state index in [9.17, 15) is 0 Å². The van der Waals surface area contributed by atoms with Crippen molar-refractivity contribution in [1.82, 2.24) is 0 Å². The molecule has 0 saturated heterocycles. The molecule has 0 aliphatic heterocycles. The molecule has 1 heterocycles. The number of benzene rings is 1. The van der Waals surface area contributed by atoms with Crippen molar-refractivity contribution in [3.63, 3.8) is 0 Å². The second kappa shape index (κ2) is 6.81. The van der Waals surface area contributed by atoms with Gasteiger partial charge in [-0.3, -0.25) is 0 Å². The molecule has 0 atom stereocenters. The average Bonchev–Trinajstić information content (AvgIpc) is 2.81. The Morgan fingerprint density at radius 1 is 1.22 bits per heavy atom. The molecule has 1 aromatic carbocycles. The first-order chi connectivity index (χ1) is 8.78. The van der Waals surface area contributed by atoms with Crippen molar-refractivity contribution < 1.29 is 0 Å². The van der Waals surface area contributed by atoms with E-state index < -0.39 is 0 Å². The quantitative estimate of drug-likeness (QED) is 0.751. The van der Waals surface area contributed by atoms with Crippen LogP contribution in [0.2, 0.25) is 5.02 Å². The van der Waals surface area contributed by atoms with Gasteiger partial charge in [0.25, 0.3) is 0 Å². The van der Waals surface area contributed by atoms with Crippen molar-refractivity contribution in [3.05, 3.63) is 51.2 Å². The van der Waals surface area contributed by atoms with Gasteiger partial charge in [0.15, 0.2) is 0 Å². The maximum Gasteiger partial charge on any atom is 0.0516 e. The van der Waals surface area contributed by atoms with E-state index in [2.05, 4.69) is 36.5 Å². The van der Waals surface area contributed by atoms with Crippen molar-refractivity contribution in [3.8, 4) is 0 Å². The van der Waals surface area contributed by atoms with Crippen LogP contribution < -0.4 is 5.32 Å². The van der Waals surface area contributed by atoms with Crippen LogP contribution in [0.1, 0.15) is 30.2 Å². The zero-order chi connectivity index (χ0) is 12.8. The van der Waals surface area contributed by atoms with Crippen molar-refractivity contribution in [2.75, 3.05) is 5.32 Å². The number of aryl methyl sites for hydroxylation is 1. The van der Waals surface area contributed by atoms with E-state index in [4.69, 9.17) is 11.6 Å². The summed E-state index contributed by atoms with van der Waals surface area (Å²) >= 11 is 7.58. The van der Waals surface area contributed by atoms with Gasteiger partial charge in [0.05, 0.1) is 5.02 Å². The summed E-state index contributed by atoms with van der Waals surface area (Å²) in [5.74, 6) is 0. The van der Waals surface area contributed by atoms with Crippen LogP contribution in [-0.4, -0.2) is 0 Å². The highest BCUT2D eigenvalue weighted by atomic mass is 35.5. The average molecular weight is 280 g/mol. The predicted molar refractivity (Wildman–Crippen MR) is 81.7 cm³/mol. The molecule has 0 amide bonds. The van der Waals surface area contributed by atoms with Crippen LogP contribution in [0.25, 0.3) is 0 Å². The smallest absolute Gasteiger partial charge is 0.0516 e. The van der Waals surface area contributed by atoms with E-state index in [0.29, 0.717) is 0 Å². The molecule has 0 bridgehead atoms. The molecule has 0 aliphatic carbocycles. The van der Waals surface area contributed by atoms with Crippen LogP contribution in [-0.2, 0) is 13.0 Å². The molecule has 0 radical (unpaired) electrons. The minimum absolute atomic E-state index is 0.826. The standard InChI is InChI=1S/C15H18ClNS/c1-2-3-4-12-5-7-14(8-6-12)17-10-15-9-13(16)11-18-15/h5-9,11,17H,2-4,10H2,1H3. The monoisotopic (exact) mass is 279 g/mol. The number of unbranched alkanes of at least 4 members (excludes halogenated alkanes) is 1. The molecule has 18 heavy (non-hydrogen) atoms. The first-order valence-corrected chi connectivity index (χ1v) is 7.59. The van der Waals surface area contributed by atoms with E-state index in [-0.39, 0.29) is 0 Å². The third-order valence-electron chi connectivity index (χ3n) is 2.86. The number of nitrogens with one attached hydrogen (secondary N) is 1. The van der Waals surface area contributed by atoms with Crippen LogP contribution in [0, 0.1) is 0 Å². The lowest BCUT2D eigenvalue weighted by atomic mass is 10.1. The Bertz CT molecular complexity index is 475. The summed E-state index contributed by atoms with van der Waals surface area (Å²) in [7, 11) is 0. The van der Waals surface area contributed by atoms with Gasteiger partial charge in [-0.2, -0.15) is 0 Å². The largest absolute Gasteiger partial charge is 0.380 e. The van der Waals surface area contributed by atoms with Gasteiger partial charge in [-0.1, -0.05) is 37.1 Å². The summed E-state index contributed by atoms with van der Waals surface area (Å²) in [6.45, 7) is 3.06. The van der Waals surface area contributed by atoms with E-state index in [1.807, 2.05) is 11.4 Å². The normalized spacial score (nSPS) is 10.6. The van der Waals surface area contributed by atoms with Crippen LogP contribution in [0.15, 0.2) is 35.7 Å². The summed E-state index contributed by atoms with van der Waals surface area (Å²) in [5, 5.41) is 6.20. The SMILES string of the molecule is CCCCc1ccc(NCc2cc(Cl)cs2)cc1. The molecule has 0 unspecified atom stereocenters. The summed E-state index contributed by atoms with van der Waals surface area (Å²) in [4.78, 5) is 1.26. The van der Waals surface area contributed by atoms with Gasteiger partial charge < -0.3 is 5.32 Å². The molecule has 96 valence electrons. The van der Waals surface area contributed by atoms with Crippen LogP contribution >= 0.6 is 22.9 Å². The molecule has 0 aliphatic rings. The van der Waals surface area contributed by atoms with Crippen molar-refractivity contribution >= 4 is 28.6 Å². The fraction of sp³-hybridized carbons (Fsp3) is 0.333. The number of hydrogen-bond acceptors (Lipinski definition) is 2. The Balaban J connectivity index is 1.86. The third-order valence-corrected chi connectivity index (χ3v) is 4.15. The van der Waals surface area contributed by atoms with Gasteiger partial charge in [0.2, 0.25) is 0 Å². The Labute approximate surface area is 118 Å². The maximum absolute atomic E-state index is 5.89. The van der Waals surface area contributed by atoms with Crippen molar-refractivity contribution in [2.24, 2.45) is 0 Å². The first kappa shape index (κ1) is 13.4. The molecule has 1 aromatic heterocycles. The predicted octanol–water partition coefficient (Wildman–Crippen LogP) is 5.36. The Kier molecular flexibility index (Phi) is 5.09. The lowest BCUT2D eigenvalue weighted by molar-refractivity contribution is 0.795. The van der Waals surface area contributed by atoms with Gasteiger partial charge in [0.1, 0.15) is 0 Å². The molecule has 0 fully saturated rings. The molecule has 2 aromatic rings. The summed E-state index contributed by atoms with van der Waals surface area (Å²) in [6, 6.07) is 10.7. The maximum atomic E-state index is 5.89. The van der Waals surface area contributed by atoms with Gasteiger partial charge >= 0.3 is 0 Å². The molecule has 0 spiro atoms. The molecule has 0 saturated carbocycles. The fourth-order valence-electron chi connectivity index (χ4n) is 1.81. The summed E-state index contributed by atoms with van der Waals surface area (Å²) in [6.07, 6.45) is 3.69. The number of rotatable bonds is 6. The number of anilines is 1. The van der Waals surface area contributed by atoms with Crippen LogP contribution in [0.5, 0.6) is 0 Å². The number of thiophene rings is 1. The number of hydrogen-bond donors (Lipinski definition) is 1. The first-order valence-electron chi connectivity index (χ1n) is 6.33. The Hall–Kier alpha value is -0.990. The Morgan fingerprint density at radius 2 is 2.00 bits per heavy atom. The van der Waals surface area contributed by atoms with Gasteiger partial charge in [-0.05, 0) is 36.6 Å². The lowest BCUT2D eigenvalue weighted by Crippen LogP contribution is -1.97.